The number of nitrogens with two attached hydrogens (primary N) is 1. The molecule has 142 valence electrons. The van der Waals surface area contributed by atoms with Gasteiger partial charge in [-0.25, -0.2) is 0 Å². The number of benzene rings is 4. The summed E-state index contributed by atoms with van der Waals surface area (Å²) < 4.78 is 0. The molecular formula is C28H25N. The molecule has 0 aromatic heterocycles. The highest BCUT2D eigenvalue weighted by Gasteiger charge is 2.27. The lowest BCUT2D eigenvalue weighted by molar-refractivity contribution is 0.531. The fourth-order valence-corrected chi connectivity index (χ4v) is 4.69. The van der Waals surface area contributed by atoms with E-state index >= 15 is 0 Å². The van der Waals surface area contributed by atoms with Crippen LogP contribution in [-0.2, 0) is 0 Å². The maximum atomic E-state index is 6.41. The zero-order valence-electron chi connectivity index (χ0n) is 16.5. The van der Waals surface area contributed by atoms with Crippen LogP contribution in [0.3, 0.4) is 0 Å². The molecule has 0 bridgehead atoms. The molecule has 0 aliphatic heterocycles. The van der Waals surface area contributed by atoms with Crippen molar-refractivity contribution in [3.63, 3.8) is 0 Å². The number of hydrogen-bond donors (Lipinski definition) is 1. The molecule has 1 aliphatic carbocycles. The Morgan fingerprint density at radius 1 is 0.586 bits per heavy atom. The molecule has 5 rings (SSSR count). The summed E-state index contributed by atoms with van der Waals surface area (Å²) >= 11 is 0. The van der Waals surface area contributed by atoms with Crippen LogP contribution in [-0.4, -0.2) is 0 Å². The zero-order valence-corrected chi connectivity index (χ0v) is 16.5. The Bertz CT molecular complexity index is 1170. The molecule has 0 spiro atoms. The normalized spacial score (nSPS) is 18.8. The van der Waals surface area contributed by atoms with Crippen LogP contribution < -0.4 is 5.73 Å². The highest BCUT2D eigenvalue weighted by molar-refractivity contribution is 5.95. The molecule has 0 heterocycles. The molecule has 2 atom stereocenters. The van der Waals surface area contributed by atoms with Gasteiger partial charge in [0.25, 0.3) is 0 Å². The van der Waals surface area contributed by atoms with Crippen molar-refractivity contribution in [1.29, 1.82) is 0 Å². The molecule has 0 saturated carbocycles. The van der Waals surface area contributed by atoms with Gasteiger partial charge in [-0.2, -0.15) is 0 Å². The van der Waals surface area contributed by atoms with Gasteiger partial charge in [-0.1, -0.05) is 103 Å². The predicted octanol–water partition coefficient (Wildman–Crippen LogP) is 6.94. The van der Waals surface area contributed by atoms with Gasteiger partial charge in [-0.15, -0.1) is 0 Å². The SMILES string of the molecule is NC1CCC(c2ccc(/C=C/c3ccccc3)c3ccccc23)c2ccccc21. The van der Waals surface area contributed by atoms with Crippen LogP contribution in [0.5, 0.6) is 0 Å². The van der Waals surface area contributed by atoms with E-state index in [4.69, 9.17) is 5.73 Å². The van der Waals surface area contributed by atoms with Crippen LogP contribution in [0.15, 0.2) is 91.0 Å². The van der Waals surface area contributed by atoms with Crippen LogP contribution in [0.4, 0.5) is 0 Å². The van der Waals surface area contributed by atoms with E-state index < -0.39 is 0 Å². The molecule has 4 aromatic rings. The minimum Gasteiger partial charge on any atom is -0.324 e. The quantitative estimate of drug-likeness (QED) is 0.386. The lowest BCUT2D eigenvalue weighted by Crippen LogP contribution is -2.21. The monoisotopic (exact) mass is 375 g/mol. The molecule has 4 aromatic carbocycles. The Hall–Kier alpha value is -3.16. The van der Waals surface area contributed by atoms with Crippen molar-refractivity contribution in [2.24, 2.45) is 5.73 Å². The van der Waals surface area contributed by atoms with E-state index in [0.717, 1.165) is 12.8 Å². The van der Waals surface area contributed by atoms with Crippen LogP contribution in [0.1, 0.15) is 52.6 Å². The van der Waals surface area contributed by atoms with E-state index in [1.807, 2.05) is 0 Å². The van der Waals surface area contributed by atoms with E-state index in [0.29, 0.717) is 5.92 Å². The summed E-state index contributed by atoms with van der Waals surface area (Å²) in [6.07, 6.45) is 6.55. The third-order valence-electron chi connectivity index (χ3n) is 6.16. The van der Waals surface area contributed by atoms with Gasteiger partial charge in [-0.3, -0.25) is 0 Å². The second kappa shape index (κ2) is 7.69. The van der Waals surface area contributed by atoms with Gasteiger partial charge in [0, 0.05) is 12.0 Å². The smallest absolute Gasteiger partial charge is 0.0298 e. The van der Waals surface area contributed by atoms with Crippen LogP contribution in [0.25, 0.3) is 22.9 Å². The lowest BCUT2D eigenvalue weighted by Gasteiger charge is -2.31. The molecular weight excluding hydrogens is 350 g/mol. The molecule has 1 heteroatoms. The van der Waals surface area contributed by atoms with Crippen molar-refractivity contribution >= 4 is 22.9 Å². The third kappa shape index (κ3) is 3.39. The minimum atomic E-state index is 0.154. The summed E-state index contributed by atoms with van der Waals surface area (Å²) in [5.74, 6) is 0.406. The molecule has 29 heavy (non-hydrogen) atoms. The van der Waals surface area contributed by atoms with Gasteiger partial charge in [0.1, 0.15) is 0 Å². The average Bonchev–Trinajstić information content (AvgIpc) is 2.79. The molecule has 0 fully saturated rings. The maximum absolute atomic E-state index is 6.41. The van der Waals surface area contributed by atoms with Crippen molar-refractivity contribution in [1.82, 2.24) is 0 Å². The van der Waals surface area contributed by atoms with Crippen molar-refractivity contribution in [2.75, 3.05) is 0 Å². The van der Waals surface area contributed by atoms with Gasteiger partial charge in [0.2, 0.25) is 0 Å². The Labute approximate surface area is 172 Å². The first kappa shape index (κ1) is 17.9. The fraction of sp³-hybridized carbons (Fsp3) is 0.143. The van der Waals surface area contributed by atoms with Crippen LogP contribution in [0, 0.1) is 0 Å². The first-order chi connectivity index (χ1) is 14.3. The predicted molar refractivity (Wildman–Crippen MR) is 124 cm³/mol. The van der Waals surface area contributed by atoms with E-state index in [-0.39, 0.29) is 6.04 Å². The minimum absolute atomic E-state index is 0.154. The Morgan fingerprint density at radius 2 is 1.28 bits per heavy atom. The van der Waals surface area contributed by atoms with E-state index in [1.54, 1.807) is 0 Å². The molecule has 2 unspecified atom stereocenters. The number of fused-ring (bicyclic) bond motifs is 2. The third-order valence-corrected chi connectivity index (χ3v) is 6.16. The largest absolute Gasteiger partial charge is 0.324 e. The average molecular weight is 376 g/mol. The topological polar surface area (TPSA) is 26.0 Å². The van der Waals surface area contributed by atoms with Crippen LogP contribution >= 0.6 is 0 Å². The summed E-state index contributed by atoms with van der Waals surface area (Å²) in [5, 5.41) is 2.66. The van der Waals surface area contributed by atoms with Crippen LogP contribution in [0.2, 0.25) is 0 Å². The fourth-order valence-electron chi connectivity index (χ4n) is 4.69. The van der Waals surface area contributed by atoms with Crippen molar-refractivity contribution in [2.45, 2.75) is 24.8 Å². The first-order valence-corrected chi connectivity index (χ1v) is 10.4. The van der Waals surface area contributed by atoms with Gasteiger partial charge >= 0.3 is 0 Å². The standard InChI is InChI=1S/C28H25N/c29-28-19-18-26(24-12-6-7-13-27(24)28)25-17-16-21(22-10-4-5-11-23(22)25)15-14-20-8-2-1-3-9-20/h1-17,26,28H,18-19,29H2/b15-14+. The van der Waals surface area contributed by atoms with Gasteiger partial charge in [0.15, 0.2) is 0 Å². The summed E-state index contributed by atoms with van der Waals surface area (Å²) in [7, 11) is 0. The number of rotatable bonds is 3. The van der Waals surface area contributed by atoms with E-state index in [9.17, 15) is 0 Å². The molecule has 2 N–H and O–H groups in total. The second-order valence-corrected chi connectivity index (χ2v) is 7.90. The highest BCUT2D eigenvalue weighted by atomic mass is 14.6. The highest BCUT2D eigenvalue weighted by Crippen LogP contribution is 2.42. The second-order valence-electron chi connectivity index (χ2n) is 7.90. The Balaban J connectivity index is 1.61. The zero-order chi connectivity index (χ0) is 19.6. The Kier molecular flexibility index (Phi) is 4.75. The Morgan fingerprint density at radius 3 is 2.10 bits per heavy atom. The molecule has 0 amide bonds. The van der Waals surface area contributed by atoms with Gasteiger partial charge in [0.05, 0.1) is 0 Å². The van der Waals surface area contributed by atoms with Crippen molar-refractivity contribution < 1.29 is 0 Å². The first-order valence-electron chi connectivity index (χ1n) is 10.4. The van der Waals surface area contributed by atoms with Gasteiger partial charge < -0.3 is 5.73 Å². The molecule has 1 nitrogen and oxygen atoms in total. The van der Waals surface area contributed by atoms with E-state index in [1.165, 1.54) is 38.6 Å². The van der Waals surface area contributed by atoms with E-state index in [2.05, 4.69) is 103 Å². The number of hydrogen-bond acceptors (Lipinski definition) is 1. The summed E-state index contributed by atoms with van der Waals surface area (Å²) in [4.78, 5) is 0. The van der Waals surface area contributed by atoms with Gasteiger partial charge in [-0.05, 0) is 51.4 Å². The lowest BCUT2D eigenvalue weighted by atomic mass is 9.75. The maximum Gasteiger partial charge on any atom is 0.0298 e. The van der Waals surface area contributed by atoms with Crippen molar-refractivity contribution in [3.05, 3.63) is 119 Å². The van der Waals surface area contributed by atoms with Crippen molar-refractivity contribution in [3.8, 4) is 0 Å². The summed E-state index contributed by atoms with van der Waals surface area (Å²) in [5.41, 5.74) is 13.0. The summed E-state index contributed by atoms with van der Waals surface area (Å²) in [6, 6.07) is 32.7. The molecule has 0 saturated heterocycles. The summed E-state index contributed by atoms with van der Waals surface area (Å²) in [6.45, 7) is 0. The molecule has 1 aliphatic rings. The molecule has 0 radical (unpaired) electrons.